The highest BCUT2D eigenvalue weighted by molar-refractivity contribution is 4.97. The van der Waals surface area contributed by atoms with E-state index in [1.165, 1.54) is 32.1 Å². The van der Waals surface area contributed by atoms with Crippen molar-refractivity contribution in [3.8, 4) is 0 Å². The Hall–Kier alpha value is -0.760. The van der Waals surface area contributed by atoms with Crippen LogP contribution in [0.5, 0.6) is 0 Å². The fraction of sp³-hybridized carbons (Fsp3) is 0.667. The van der Waals surface area contributed by atoms with Gasteiger partial charge in [0.15, 0.2) is 0 Å². The van der Waals surface area contributed by atoms with Crippen molar-refractivity contribution in [1.29, 1.82) is 0 Å². The van der Waals surface area contributed by atoms with Crippen LogP contribution in [0.2, 0.25) is 0 Å². The normalized spacial score (nSPS) is 18.6. The molecule has 1 aliphatic carbocycles. The van der Waals surface area contributed by atoms with Gasteiger partial charge >= 0.3 is 0 Å². The number of nitrogens with one attached hydrogen (secondary N) is 1. The summed E-state index contributed by atoms with van der Waals surface area (Å²) in [5, 5.41) is 3.46. The first-order valence-corrected chi connectivity index (χ1v) is 5.68. The molecule has 2 nitrogen and oxygen atoms in total. The highest BCUT2D eigenvalue weighted by atomic mass is 16.3. The third-order valence-corrected chi connectivity index (χ3v) is 3.04. The van der Waals surface area contributed by atoms with E-state index in [1.807, 2.05) is 12.1 Å². The number of hydrogen-bond donors (Lipinski definition) is 1. The van der Waals surface area contributed by atoms with Gasteiger partial charge in [0.05, 0.1) is 12.8 Å². The summed E-state index contributed by atoms with van der Waals surface area (Å²) in [7, 11) is 0. The summed E-state index contributed by atoms with van der Waals surface area (Å²) in [6.07, 6.45) is 8.84. The zero-order valence-electron chi connectivity index (χ0n) is 8.67. The van der Waals surface area contributed by atoms with Gasteiger partial charge in [0.25, 0.3) is 0 Å². The van der Waals surface area contributed by atoms with Gasteiger partial charge in [-0.2, -0.15) is 0 Å². The second kappa shape index (κ2) is 5.20. The van der Waals surface area contributed by atoms with Crippen molar-refractivity contribution in [3.05, 3.63) is 24.2 Å². The van der Waals surface area contributed by atoms with Gasteiger partial charge in [0.1, 0.15) is 5.76 Å². The van der Waals surface area contributed by atoms with E-state index in [4.69, 9.17) is 4.42 Å². The molecule has 14 heavy (non-hydrogen) atoms. The van der Waals surface area contributed by atoms with Gasteiger partial charge in [-0.05, 0) is 37.4 Å². The standard InChI is InChI=1S/C12H19NO/c1-2-5-11(6-3-1)9-13-10-12-7-4-8-14-12/h4,7-8,11,13H,1-3,5-6,9-10H2. The van der Waals surface area contributed by atoms with Crippen LogP contribution in [0.1, 0.15) is 37.9 Å². The smallest absolute Gasteiger partial charge is 0.117 e. The van der Waals surface area contributed by atoms with E-state index in [1.54, 1.807) is 6.26 Å². The molecule has 0 radical (unpaired) electrons. The fourth-order valence-electron chi connectivity index (χ4n) is 2.20. The first kappa shape index (κ1) is 9.78. The molecule has 0 aromatic carbocycles. The molecule has 0 aliphatic heterocycles. The zero-order valence-corrected chi connectivity index (χ0v) is 8.67. The lowest BCUT2D eigenvalue weighted by Gasteiger charge is -2.21. The first-order chi connectivity index (χ1) is 6.95. The van der Waals surface area contributed by atoms with E-state index in [2.05, 4.69) is 5.32 Å². The van der Waals surface area contributed by atoms with Crippen LogP contribution in [0, 0.1) is 5.92 Å². The maximum Gasteiger partial charge on any atom is 0.117 e. The van der Waals surface area contributed by atoms with Crippen molar-refractivity contribution >= 4 is 0 Å². The van der Waals surface area contributed by atoms with Crippen LogP contribution in [0.25, 0.3) is 0 Å². The van der Waals surface area contributed by atoms with Gasteiger partial charge in [-0.1, -0.05) is 19.3 Å². The molecule has 1 fully saturated rings. The van der Waals surface area contributed by atoms with Crippen LogP contribution in [-0.4, -0.2) is 6.54 Å². The Labute approximate surface area is 85.7 Å². The molecule has 1 heterocycles. The molecule has 0 unspecified atom stereocenters. The van der Waals surface area contributed by atoms with Gasteiger partial charge in [-0.15, -0.1) is 0 Å². The number of rotatable bonds is 4. The average Bonchev–Trinajstić information content (AvgIpc) is 2.72. The molecular weight excluding hydrogens is 174 g/mol. The summed E-state index contributed by atoms with van der Waals surface area (Å²) >= 11 is 0. The van der Waals surface area contributed by atoms with Crippen LogP contribution in [-0.2, 0) is 6.54 Å². The van der Waals surface area contributed by atoms with E-state index < -0.39 is 0 Å². The van der Waals surface area contributed by atoms with E-state index >= 15 is 0 Å². The molecule has 2 heteroatoms. The average molecular weight is 193 g/mol. The van der Waals surface area contributed by atoms with Crippen LogP contribution >= 0.6 is 0 Å². The van der Waals surface area contributed by atoms with Gasteiger partial charge in [0.2, 0.25) is 0 Å². The topological polar surface area (TPSA) is 25.2 Å². The summed E-state index contributed by atoms with van der Waals surface area (Å²) in [4.78, 5) is 0. The fourth-order valence-corrected chi connectivity index (χ4v) is 2.20. The van der Waals surface area contributed by atoms with Crippen molar-refractivity contribution in [1.82, 2.24) is 5.32 Å². The Bertz CT molecular complexity index is 237. The van der Waals surface area contributed by atoms with Gasteiger partial charge < -0.3 is 9.73 Å². The maximum absolute atomic E-state index is 5.26. The predicted octanol–water partition coefficient (Wildman–Crippen LogP) is 2.95. The molecule has 78 valence electrons. The Balaban J connectivity index is 1.62. The summed E-state index contributed by atoms with van der Waals surface area (Å²) in [6.45, 7) is 2.03. The van der Waals surface area contributed by atoms with Crippen LogP contribution < -0.4 is 5.32 Å². The first-order valence-electron chi connectivity index (χ1n) is 5.68. The Kier molecular flexibility index (Phi) is 3.64. The molecule has 0 spiro atoms. The SMILES string of the molecule is c1coc(CNCC2CCCCC2)c1. The summed E-state index contributed by atoms with van der Waals surface area (Å²) in [5.41, 5.74) is 0. The predicted molar refractivity (Wildman–Crippen MR) is 57.0 cm³/mol. The summed E-state index contributed by atoms with van der Waals surface area (Å²) < 4.78 is 5.26. The molecule has 1 saturated carbocycles. The molecule has 0 atom stereocenters. The lowest BCUT2D eigenvalue weighted by atomic mass is 9.89. The van der Waals surface area contributed by atoms with Crippen molar-refractivity contribution in [3.63, 3.8) is 0 Å². The van der Waals surface area contributed by atoms with E-state index in [0.717, 1.165) is 24.8 Å². The Morgan fingerprint density at radius 1 is 1.29 bits per heavy atom. The molecule has 1 N–H and O–H groups in total. The van der Waals surface area contributed by atoms with E-state index in [0.29, 0.717) is 0 Å². The lowest BCUT2D eigenvalue weighted by Crippen LogP contribution is -2.23. The van der Waals surface area contributed by atoms with Gasteiger partial charge in [0, 0.05) is 0 Å². The molecule has 0 bridgehead atoms. The van der Waals surface area contributed by atoms with Crippen molar-refractivity contribution < 1.29 is 4.42 Å². The van der Waals surface area contributed by atoms with Crippen molar-refractivity contribution in [2.45, 2.75) is 38.6 Å². The Morgan fingerprint density at radius 2 is 2.14 bits per heavy atom. The summed E-state index contributed by atoms with van der Waals surface area (Å²) in [6, 6.07) is 3.96. The number of hydrogen-bond acceptors (Lipinski definition) is 2. The third-order valence-electron chi connectivity index (χ3n) is 3.04. The maximum atomic E-state index is 5.26. The quantitative estimate of drug-likeness (QED) is 0.795. The highest BCUT2D eigenvalue weighted by Gasteiger charge is 2.12. The minimum absolute atomic E-state index is 0.878. The Morgan fingerprint density at radius 3 is 2.86 bits per heavy atom. The second-order valence-electron chi connectivity index (χ2n) is 4.21. The zero-order chi connectivity index (χ0) is 9.64. The highest BCUT2D eigenvalue weighted by Crippen LogP contribution is 2.22. The van der Waals surface area contributed by atoms with Crippen molar-refractivity contribution in [2.75, 3.05) is 6.54 Å². The van der Waals surface area contributed by atoms with E-state index in [9.17, 15) is 0 Å². The monoisotopic (exact) mass is 193 g/mol. The molecule has 1 aliphatic rings. The molecule has 0 amide bonds. The lowest BCUT2D eigenvalue weighted by molar-refractivity contribution is 0.336. The van der Waals surface area contributed by atoms with Gasteiger partial charge in [-0.25, -0.2) is 0 Å². The molecule has 1 aromatic rings. The molecule has 1 aromatic heterocycles. The van der Waals surface area contributed by atoms with E-state index in [-0.39, 0.29) is 0 Å². The van der Waals surface area contributed by atoms with Crippen molar-refractivity contribution in [2.24, 2.45) is 5.92 Å². The second-order valence-corrected chi connectivity index (χ2v) is 4.21. The minimum atomic E-state index is 0.878. The molecule has 0 saturated heterocycles. The largest absolute Gasteiger partial charge is 0.468 e. The molecular formula is C12H19NO. The summed E-state index contributed by atoms with van der Waals surface area (Å²) in [5.74, 6) is 1.94. The molecule has 2 rings (SSSR count). The van der Waals surface area contributed by atoms with Crippen LogP contribution in [0.15, 0.2) is 22.8 Å². The third kappa shape index (κ3) is 2.88. The van der Waals surface area contributed by atoms with Crippen LogP contribution in [0.4, 0.5) is 0 Å². The number of furan rings is 1. The van der Waals surface area contributed by atoms with Crippen LogP contribution in [0.3, 0.4) is 0 Å². The minimum Gasteiger partial charge on any atom is -0.468 e. The van der Waals surface area contributed by atoms with Gasteiger partial charge in [-0.3, -0.25) is 0 Å².